The Kier molecular flexibility index (Phi) is 6.69. The Hall–Kier alpha value is -2.48. The van der Waals surface area contributed by atoms with Gasteiger partial charge in [0.05, 0.1) is 0 Å². The molecule has 106 valence electrons. The predicted molar refractivity (Wildman–Crippen MR) is 76.2 cm³/mol. The van der Waals surface area contributed by atoms with E-state index >= 15 is 0 Å². The number of carbonyl (C=O) groups is 1. The lowest BCUT2D eigenvalue weighted by Crippen LogP contribution is -2.19. The first-order valence-electron chi connectivity index (χ1n) is 6.58. The molecule has 0 saturated heterocycles. The van der Waals surface area contributed by atoms with Crippen LogP contribution in [0.4, 0.5) is 5.95 Å². The maximum atomic E-state index is 9.75. The van der Waals surface area contributed by atoms with Crippen LogP contribution in [0.3, 0.4) is 0 Å². The summed E-state index contributed by atoms with van der Waals surface area (Å²) in [6.07, 6.45) is 3.90. The van der Waals surface area contributed by atoms with Crippen molar-refractivity contribution >= 4 is 23.0 Å². The van der Waals surface area contributed by atoms with Crippen molar-refractivity contribution in [3.63, 3.8) is 0 Å². The molecule has 0 aliphatic heterocycles. The van der Waals surface area contributed by atoms with Gasteiger partial charge in [0, 0.05) is 6.42 Å². The fourth-order valence-electron chi connectivity index (χ4n) is 1.62. The number of aromatic amines is 2. The first-order chi connectivity index (χ1) is 9.63. The number of imidazole rings is 1. The van der Waals surface area contributed by atoms with E-state index in [2.05, 4.69) is 22.8 Å². The highest BCUT2D eigenvalue weighted by Crippen LogP contribution is 2.05. The van der Waals surface area contributed by atoms with Crippen molar-refractivity contribution in [2.24, 2.45) is 0 Å². The molecular formula is C15H19N3O2. The molecule has 4 N–H and O–H groups in total. The van der Waals surface area contributed by atoms with Gasteiger partial charge in [0.2, 0.25) is 0 Å². The lowest BCUT2D eigenvalue weighted by molar-refractivity contribution is -0.325. The maximum absolute atomic E-state index is 9.75. The van der Waals surface area contributed by atoms with Gasteiger partial charge in [-0.05, 0) is 24.5 Å². The van der Waals surface area contributed by atoms with Crippen molar-refractivity contribution < 1.29 is 14.9 Å². The summed E-state index contributed by atoms with van der Waals surface area (Å²) in [6.45, 7) is 2.09. The third-order valence-electron chi connectivity index (χ3n) is 2.56. The molecule has 0 amide bonds. The smallest absolute Gasteiger partial charge is 0.351 e. The molecule has 0 unspecified atom stereocenters. The number of nitrogens with one attached hydrogen (secondary N) is 2. The van der Waals surface area contributed by atoms with Crippen molar-refractivity contribution in [3.8, 4) is 11.8 Å². The Morgan fingerprint density at radius 3 is 2.80 bits per heavy atom. The van der Waals surface area contributed by atoms with Gasteiger partial charge in [-0.2, -0.15) is 0 Å². The molecule has 0 radical (unpaired) electrons. The van der Waals surface area contributed by atoms with Gasteiger partial charge in [-0.25, -0.2) is 9.97 Å². The summed E-state index contributed by atoms with van der Waals surface area (Å²) in [5, 5.41) is 9.75. The van der Waals surface area contributed by atoms with Crippen molar-refractivity contribution in [2.75, 3.05) is 5.73 Å². The minimum absolute atomic E-state index is 0.598. The molecule has 2 aromatic rings. The number of carboxylic acids is 1. The third kappa shape index (κ3) is 5.91. The molecule has 0 saturated carbocycles. The lowest BCUT2D eigenvalue weighted by Gasteiger charge is -1.88. The molecule has 1 aromatic carbocycles. The molecule has 20 heavy (non-hydrogen) atoms. The number of aromatic nitrogens is 2. The fourth-order valence-corrected chi connectivity index (χ4v) is 1.62. The Morgan fingerprint density at radius 2 is 2.15 bits per heavy atom. The molecule has 1 aromatic heterocycles. The highest BCUT2D eigenvalue weighted by atomic mass is 16.4. The highest BCUT2D eigenvalue weighted by molar-refractivity contribution is 5.84. The molecular weight excluding hydrogens is 254 g/mol. The van der Waals surface area contributed by atoms with E-state index < -0.39 is 5.97 Å². The van der Waals surface area contributed by atoms with E-state index in [1.54, 1.807) is 0 Å². The molecule has 1 heterocycles. The number of fused-ring (bicyclic) bond motifs is 1. The van der Waals surface area contributed by atoms with Gasteiger partial charge in [0.15, 0.2) is 0 Å². The average Bonchev–Trinajstić information content (AvgIpc) is 2.79. The topological polar surface area (TPSA) is 96.1 Å². The molecule has 0 fully saturated rings. The molecule has 5 nitrogen and oxygen atoms in total. The Balaban J connectivity index is 0.000000200. The zero-order valence-electron chi connectivity index (χ0n) is 11.5. The summed E-state index contributed by atoms with van der Waals surface area (Å²) in [7, 11) is 0. The molecule has 0 atom stereocenters. The van der Waals surface area contributed by atoms with Crippen LogP contribution in [0.1, 0.15) is 32.6 Å². The second-order valence-corrected chi connectivity index (χ2v) is 4.26. The molecule has 0 aliphatic carbocycles. The first kappa shape index (κ1) is 15.6. The van der Waals surface area contributed by atoms with Crippen LogP contribution in [0, 0.1) is 11.8 Å². The molecule has 2 rings (SSSR count). The van der Waals surface area contributed by atoms with Gasteiger partial charge in [-0.1, -0.05) is 37.8 Å². The SMILES string of the molecule is CCCCCC#CC(=O)[O-].Nc1[nH]c2ccccc2[nH+]1. The van der Waals surface area contributed by atoms with E-state index in [9.17, 15) is 9.90 Å². The summed E-state index contributed by atoms with van der Waals surface area (Å²) in [5.74, 6) is 3.78. The first-order valence-corrected chi connectivity index (χ1v) is 6.58. The normalized spacial score (nSPS) is 9.25. The van der Waals surface area contributed by atoms with Crippen LogP contribution < -0.4 is 15.8 Å². The van der Waals surface area contributed by atoms with E-state index in [1.807, 2.05) is 30.2 Å². The van der Waals surface area contributed by atoms with E-state index in [0.29, 0.717) is 12.4 Å². The van der Waals surface area contributed by atoms with Crippen molar-refractivity contribution in [3.05, 3.63) is 24.3 Å². The maximum Gasteiger partial charge on any atom is 0.351 e. The quantitative estimate of drug-likeness (QED) is 0.642. The van der Waals surface area contributed by atoms with Crippen molar-refractivity contribution in [1.82, 2.24) is 4.98 Å². The zero-order chi connectivity index (χ0) is 14.8. The van der Waals surface area contributed by atoms with Gasteiger partial charge in [0.1, 0.15) is 17.0 Å². The molecule has 0 spiro atoms. The van der Waals surface area contributed by atoms with E-state index in [4.69, 9.17) is 5.73 Å². The Morgan fingerprint density at radius 1 is 1.40 bits per heavy atom. The molecule has 0 aliphatic rings. The summed E-state index contributed by atoms with van der Waals surface area (Å²) in [5.41, 5.74) is 7.56. The van der Waals surface area contributed by atoms with Crippen LogP contribution in [-0.2, 0) is 4.79 Å². The van der Waals surface area contributed by atoms with Crippen LogP contribution in [0.15, 0.2) is 24.3 Å². The number of para-hydroxylation sites is 2. The molecule has 0 bridgehead atoms. The number of benzene rings is 1. The number of carboxylic acid groups (broad SMARTS) is 1. The van der Waals surface area contributed by atoms with Gasteiger partial charge in [-0.15, -0.1) is 0 Å². The zero-order valence-corrected chi connectivity index (χ0v) is 11.5. The number of hydrogen-bond acceptors (Lipinski definition) is 3. The number of nitrogens with two attached hydrogens (primary N) is 1. The summed E-state index contributed by atoms with van der Waals surface area (Å²) < 4.78 is 0. The van der Waals surface area contributed by atoms with Gasteiger partial charge < -0.3 is 9.90 Å². The van der Waals surface area contributed by atoms with Gasteiger partial charge >= 0.3 is 5.95 Å². The van der Waals surface area contributed by atoms with E-state index in [0.717, 1.165) is 30.3 Å². The Bertz CT molecular complexity index is 575. The number of rotatable bonds is 3. The van der Waals surface area contributed by atoms with Gasteiger partial charge in [-0.3, -0.25) is 5.73 Å². The number of carbonyl (C=O) groups excluding carboxylic acids is 1. The van der Waals surface area contributed by atoms with Crippen LogP contribution in [0.5, 0.6) is 0 Å². The number of nitrogen functional groups attached to an aromatic ring is 1. The van der Waals surface area contributed by atoms with Crippen LogP contribution in [0.2, 0.25) is 0 Å². The fraction of sp³-hybridized carbons (Fsp3) is 0.333. The number of hydrogen-bond donors (Lipinski definition) is 2. The second-order valence-electron chi connectivity index (χ2n) is 4.26. The van der Waals surface area contributed by atoms with Crippen LogP contribution >= 0.6 is 0 Å². The third-order valence-corrected chi connectivity index (χ3v) is 2.56. The monoisotopic (exact) mass is 273 g/mol. The van der Waals surface area contributed by atoms with Crippen LogP contribution in [0.25, 0.3) is 11.0 Å². The standard InChI is InChI=1S/C8H12O2.C7H7N3/c1-2-3-4-5-6-7-8(9)10;8-7-9-5-3-1-2-4-6(5)10-7/h2-5H2,1H3,(H,9,10);1-4H,(H3,8,9,10). The van der Waals surface area contributed by atoms with E-state index in [1.165, 1.54) is 0 Å². The summed E-state index contributed by atoms with van der Waals surface area (Å²) >= 11 is 0. The largest absolute Gasteiger partial charge is 0.537 e. The second kappa shape index (κ2) is 8.59. The predicted octanol–water partition coefficient (Wildman–Crippen LogP) is 0.884. The van der Waals surface area contributed by atoms with Crippen molar-refractivity contribution in [2.45, 2.75) is 32.6 Å². The molecule has 5 heteroatoms. The van der Waals surface area contributed by atoms with Gasteiger partial charge in [0.25, 0.3) is 0 Å². The lowest BCUT2D eigenvalue weighted by atomic mass is 10.2. The summed E-state index contributed by atoms with van der Waals surface area (Å²) in [4.78, 5) is 15.7. The minimum atomic E-state index is -1.28. The van der Waals surface area contributed by atoms with Crippen LogP contribution in [-0.4, -0.2) is 11.0 Å². The summed E-state index contributed by atoms with van der Waals surface area (Å²) in [6, 6.07) is 7.88. The van der Waals surface area contributed by atoms with Crippen molar-refractivity contribution in [1.29, 1.82) is 0 Å². The average molecular weight is 273 g/mol. The number of anilines is 1. The number of aliphatic carboxylic acids is 1. The number of unbranched alkanes of at least 4 members (excludes halogenated alkanes) is 3. The van der Waals surface area contributed by atoms with E-state index in [-0.39, 0.29) is 0 Å². The highest BCUT2D eigenvalue weighted by Gasteiger charge is 2.00. The Labute approximate surface area is 118 Å². The minimum Gasteiger partial charge on any atom is -0.537 e. The number of H-pyrrole nitrogens is 2.